The zero-order valence-corrected chi connectivity index (χ0v) is 7.79. The molecular formula is C9H11NOS. The molecule has 0 saturated carbocycles. The van der Waals surface area contributed by atoms with Crippen LogP contribution in [0.25, 0.3) is 6.08 Å². The fourth-order valence-electron chi connectivity index (χ4n) is 0.865. The van der Waals surface area contributed by atoms with Crippen molar-refractivity contribution in [2.45, 2.75) is 0 Å². The Hall–Kier alpha value is -0.960. The maximum Gasteiger partial charge on any atom is 0.144 e. The van der Waals surface area contributed by atoms with Crippen LogP contribution in [0, 0.1) is 0 Å². The van der Waals surface area contributed by atoms with Gasteiger partial charge in [-0.3, -0.25) is 4.98 Å². The van der Waals surface area contributed by atoms with Gasteiger partial charge in [0.25, 0.3) is 0 Å². The number of hydrogen-bond acceptors (Lipinski definition) is 3. The van der Waals surface area contributed by atoms with Crippen molar-refractivity contribution in [2.24, 2.45) is 0 Å². The van der Waals surface area contributed by atoms with E-state index in [0.29, 0.717) is 5.75 Å². The second-order valence-corrected chi connectivity index (χ2v) is 2.54. The first kappa shape index (κ1) is 9.13. The summed E-state index contributed by atoms with van der Waals surface area (Å²) in [5, 5.41) is 0. The van der Waals surface area contributed by atoms with Gasteiger partial charge in [0.15, 0.2) is 0 Å². The van der Waals surface area contributed by atoms with Crippen molar-refractivity contribution in [3.05, 3.63) is 30.1 Å². The molecule has 0 spiro atoms. The third kappa shape index (κ3) is 2.27. The van der Waals surface area contributed by atoms with Gasteiger partial charge in [0, 0.05) is 11.9 Å². The molecule has 0 atom stereocenters. The Labute approximate surface area is 77.7 Å². The van der Waals surface area contributed by atoms with Crippen LogP contribution in [0.2, 0.25) is 0 Å². The highest BCUT2D eigenvalue weighted by atomic mass is 32.1. The van der Waals surface area contributed by atoms with Gasteiger partial charge >= 0.3 is 0 Å². The van der Waals surface area contributed by atoms with Gasteiger partial charge in [0.1, 0.15) is 11.4 Å². The van der Waals surface area contributed by atoms with Crippen LogP contribution in [-0.4, -0.2) is 17.8 Å². The topological polar surface area (TPSA) is 22.1 Å². The van der Waals surface area contributed by atoms with E-state index in [0.717, 1.165) is 11.4 Å². The number of thiol groups is 1. The van der Waals surface area contributed by atoms with Crippen molar-refractivity contribution in [3.8, 4) is 5.75 Å². The van der Waals surface area contributed by atoms with Gasteiger partial charge in [-0.2, -0.15) is 12.6 Å². The molecule has 0 N–H and O–H groups in total. The Morgan fingerprint density at radius 2 is 2.50 bits per heavy atom. The lowest BCUT2D eigenvalue weighted by molar-refractivity contribution is 0.412. The van der Waals surface area contributed by atoms with Crippen LogP contribution in [0.1, 0.15) is 5.69 Å². The molecule has 0 aromatic carbocycles. The average Bonchev–Trinajstić information content (AvgIpc) is 2.15. The summed E-state index contributed by atoms with van der Waals surface area (Å²) in [6, 6.07) is 3.72. The molecule has 2 nitrogen and oxygen atoms in total. The first-order chi connectivity index (χ1) is 5.88. The Morgan fingerprint density at radius 1 is 1.67 bits per heavy atom. The van der Waals surface area contributed by atoms with E-state index in [1.807, 2.05) is 24.3 Å². The molecule has 0 bridgehead atoms. The van der Waals surface area contributed by atoms with Gasteiger partial charge in [-0.1, -0.05) is 6.08 Å². The van der Waals surface area contributed by atoms with E-state index >= 15 is 0 Å². The molecule has 0 aliphatic rings. The normalized spacial score (nSPS) is 10.5. The average molecular weight is 181 g/mol. The van der Waals surface area contributed by atoms with Crippen molar-refractivity contribution in [3.63, 3.8) is 0 Å². The molecule has 0 aliphatic heterocycles. The minimum Gasteiger partial charge on any atom is -0.494 e. The van der Waals surface area contributed by atoms with Crippen molar-refractivity contribution in [2.75, 3.05) is 12.9 Å². The lowest BCUT2D eigenvalue weighted by Gasteiger charge is -2.01. The smallest absolute Gasteiger partial charge is 0.144 e. The molecule has 64 valence electrons. The van der Waals surface area contributed by atoms with Crippen molar-refractivity contribution in [1.82, 2.24) is 4.98 Å². The van der Waals surface area contributed by atoms with E-state index in [4.69, 9.17) is 4.74 Å². The first-order valence-corrected chi connectivity index (χ1v) is 4.28. The SMILES string of the molecule is COc1cccnc1C=CCS. The van der Waals surface area contributed by atoms with E-state index < -0.39 is 0 Å². The molecule has 1 heterocycles. The van der Waals surface area contributed by atoms with Gasteiger partial charge in [-0.15, -0.1) is 0 Å². The van der Waals surface area contributed by atoms with Crippen LogP contribution < -0.4 is 4.74 Å². The van der Waals surface area contributed by atoms with E-state index in [2.05, 4.69) is 17.6 Å². The maximum absolute atomic E-state index is 5.10. The molecule has 12 heavy (non-hydrogen) atoms. The summed E-state index contributed by atoms with van der Waals surface area (Å²) < 4.78 is 5.10. The van der Waals surface area contributed by atoms with Crippen molar-refractivity contribution >= 4 is 18.7 Å². The number of methoxy groups -OCH3 is 1. The third-order valence-electron chi connectivity index (χ3n) is 1.40. The number of aromatic nitrogens is 1. The number of ether oxygens (including phenoxy) is 1. The minimum atomic E-state index is 0.708. The quantitative estimate of drug-likeness (QED) is 0.721. The Balaban J connectivity index is 2.89. The predicted octanol–water partition coefficient (Wildman–Crippen LogP) is 2.03. The largest absolute Gasteiger partial charge is 0.494 e. The molecular weight excluding hydrogens is 170 g/mol. The molecule has 3 heteroatoms. The van der Waals surface area contributed by atoms with E-state index in [9.17, 15) is 0 Å². The third-order valence-corrected chi connectivity index (χ3v) is 1.61. The van der Waals surface area contributed by atoms with Gasteiger partial charge in [-0.05, 0) is 18.2 Å². The zero-order valence-electron chi connectivity index (χ0n) is 6.90. The van der Waals surface area contributed by atoms with Gasteiger partial charge < -0.3 is 4.74 Å². The monoisotopic (exact) mass is 181 g/mol. The molecule has 0 amide bonds. The number of rotatable bonds is 3. The Bertz CT molecular complexity index is 273. The summed E-state index contributed by atoms with van der Waals surface area (Å²) in [6.45, 7) is 0. The van der Waals surface area contributed by atoms with Crippen molar-refractivity contribution < 1.29 is 4.74 Å². The lowest BCUT2D eigenvalue weighted by atomic mass is 10.3. The molecule has 0 aliphatic carbocycles. The van der Waals surface area contributed by atoms with Gasteiger partial charge in [0.05, 0.1) is 7.11 Å². The summed E-state index contributed by atoms with van der Waals surface area (Å²) in [4.78, 5) is 4.14. The van der Waals surface area contributed by atoms with E-state index in [1.54, 1.807) is 13.3 Å². The molecule has 1 rings (SSSR count). The van der Waals surface area contributed by atoms with E-state index in [-0.39, 0.29) is 0 Å². The zero-order chi connectivity index (χ0) is 8.81. The molecule has 1 aromatic heterocycles. The van der Waals surface area contributed by atoms with Crippen LogP contribution in [0.5, 0.6) is 5.75 Å². The highest BCUT2D eigenvalue weighted by Crippen LogP contribution is 2.15. The lowest BCUT2D eigenvalue weighted by Crippen LogP contribution is -1.88. The maximum atomic E-state index is 5.10. The summed E-state index contributed by atoms with van der Waals surface area (Å²) in [6.07, 6.45) is 5.56. The van der Waals surface area contributed by atoms with E-state index in [1.165, 1.54) is 0 Å². The highest BCUT2D eigenvalue weighted by Gasteiger charge is 1.96. The molecule has 0 radical (unpaired) electrons. The molecule has 0 unspecified atom stereocenters. The second kappa shape index (κ2) is 4.83. The second-order valence-electron chi connectivity index (χ2n) is 2.18. The summed E-state index contributed by atoms with van der Waals surface area (Å²) >= 11 is 4.06. The number of nitrogens with zero attached hydrogens (tertiary/aromatic N) is 1. The molecule has 1 aromatic rings. The number of pyridine rings is 1. The summed E-state index contributed by atoms with van der Waals surface area (Å²) in [7, 11) is 1.63. The Kier molecular flexibility index (Phi) is 3.67. The number of hydrogen-bond donors (Lipinski definition) is 1. The molecule has 0 fully saturated rings. The van der Waals surface area contributed by atoms with Crippen molar-refractivity contribution in [1.29, 1.82) is 0 Å². The predicted molar refractivity (Wildman–Crippen MR) is 53.7 cm³/mol. The highest BCUT2D eigenvalue weighted by molar-refractivity contribution is 7.80. The summed E-state index contributed by atoms with van der Waals surface area (Å²) in [5.41, 5.74) is 0.842. The van der Waals surface area contributed by atoms with Crippen LogP contribution in [0.15, 0.2) is 24.4 Å². The Morgan fingerprint density at radius 3 is 3.17 bits per heavy atom. The molecule has 0 saturated heterocycles. The minimum absolute atomic E-state index is 0.708. The van der Waals surface area contributed by atoms with Gasteiger partial charge in [-0.25, -0.2) is 0 Å². The van der Waals surface area contributed by atoms with Crippen LogP contribution >= 0.6 is 12.6 Å². The van der Waals surface area contributed by atoms with Crippen LogP contribution in [0.4, 0.5) is 0 Å². The fraction of sp³-hybridized carbons (Fsp3) is 0.222. The first-order valence-electron chi connectivity index (χ1n) is 3.65. The van der Waals surface area contributed by atoms with Gasteiger partial charge in [0.2, 0.25) is 0 Å². The fourth-order valence-corrected chi connectivity index (χ4v) is 0.970. The van der Waals surface area contributed by atoms with Crippen LogP contribution in [0.3, 0.4) is 0 Å². The summed E-state index contributed by atoms with van der Waals surface area (Å²) in [5.74, 6) is 1.50. The standard InChI is InChI=1S/C9H11NOS/c1-11-9-5-2-6-10-8(9)4-3-7-12/h2-6,12H,7H2,1H3. The van der Waals surface area contributed by atoms with Crippen LogP contribution in [-0.2, 0) is 0 Å².